The van der Waals surface area contributed by atoms with Crippen molar-refractivity contribution in [2.45, 2.75) is 36.9 Å². The summed E-state index contributed by atoms with van der Waals surface area (Å²) in [7, 11) is 0. The number of likely N-dealkylation sites (tertiary alicyclic amines) is 1. The largest absolute Gasteiger partial charge is 0.484 e. The summed E-state index contributed by atoms with van der Waals surface area (Å²) < 4.78 is 19.9. The van der Waals surface area contributed by atoms with Gasteiger partial charge in [0, 0.05) is 22.5 Å². The van der Waals surface area contributed by atoms with E-state index in [0.717, 1.165) is 11.1 Å². The van der Waals surface area contributed by atoms with Crippen LogP contribution in [0.5, 0.6) is 5.75 Å². The Hall–Kier alpha value is -2.93. The molecule has 0 bridgehead atoms. The molecule has 3 aromatic carbocycles. The Morgan fingerprint density at radius 2 is 1.77 bits per heavy atom. The van der Waals surface area contributed by atoms with E-state index >= 15 is 0 Å². The van der Waals surface area contributed by atoms with Crippen molar-refractivity contribution in [2.75, 3.05) is 19.7 Å². The van der Waals surface area contributed by atoms with Crippen LogP contribution in [0.4, 0.5) is 4.39 Å². The van der Waals surface area contributed by atoms with Crippen LogP contribution in [0, 0.1) is 5.82 Å². The lowest BCUT2D eigenvalue weighted by molar-refractivity contribution is -0.125. The second-order valence-electron chi connectivity index (χ2n) is 9.31. The second-order valence-corrected chi connectivity index (χ2v) is 9.72. The molecule has 1 fully saturated rings. The van der Waals surface area contributed by atoms with E-state index in [4.69, 9.17) is 16.3 Å². The molecule has 5 rings (SSSR count). The van der Waals surface area contributed by atoms with Crippen molar-refractivity contribution in [2.24, 2.45) is 0 Å². The van der Waals surface area contributed by atoms with Gasteiger partial charge in [0.1, 0.15) is 11.6 Å². The lowest BCUT2D eigenvalue weighted by Crippen LogP contribution is -2.50. The summed E-state index contributed by atoms with van der Waals surface area (Å²) >= 11 is 6.23. The van der Waals surface area contributed by atoms with Crippen molar-refractivity contribution in [3.63, 3.8) is 0 Å². The van der Waals surface area contributed by atoms with Gasteiger partial charge in [0.15, 0.2) is 6.61 Å². The van der Waals surface area contributed by atoms with E-state index in [0.29, 0.717) is 48.8 Å². The molecule has 1 spiro atoms. The average Bonchev–Trinajstić information content (AvgIpc) is 3.10. The molecule has 1 saturated heterocycles. The number of fused-ring (bicyclic) bond motifs is 2. The normalized spacial score (nSPS) is 21.0. The summed E-state index contributed by atoms with van der Waals surface area (Å²) in [5, 5.41) is 15.0. The molecule has 0 saturated carbocycles. The number of rotatable bonds is 6. The molecule has 2 aliphatic rings. The number of halogens is 2. The molecule has 3 aromatic rings. The van der Waals surface area contributed by atoms with E-state index < -0.39 is 17.6 Å². The minimum atomic E-state index is -0.764. The van der Waals surface area contributed by atoms with E-state index in [9.17, 15) is 14.3 Å². The molecule has 1 amide bonds. The van der Waals surface area contributed by atoms with Gasteiger partial charge in [0.25, 0.3) is 5.91 Å². The van der Waals surface area contributed by atoms with Gasteiger partial charge < -0.3 is 15.2 Å². The van der Waals surface area contributed by atoms with E-state index in [-0.39, 0.29) is 18.3 Å². The maximum atomic E-state index is 14.3. The second kappa shape index (κ2) is 9.97. The van der Waals surface area contributed by atoms with Crippen LogP contribution in [0.1, 0.15) is 35.6 Å². The molecule has 35 heavy (non-hydrogen) atoms. The number of ether oxygens (including phenoxy) is 1. The Bertz CT molecular complexity index is 1180. The lowest BCUT2D eigenvalue weighted by Gasteiger charge is -2.43. The number of piperidine rings is 1. The van der Waals surface area contributed by atoms with Crippen molar-refractivity contribution in [3.05, 3.63) is 100 Å². The summed E-state index contributed by atoms with van der Waals surface area (Å²) in [6, 6.07) is 21.3. The van der Waals surface area contributed by atoms with E-state index in [1.807, 2.05) is 36.4 Å². The van der Waals surface area contributed by atoms with E-state index in [1.54, 1.807) is 24.3 Å². The number of nitrogens with zero attached hydrogens (tertiary/aromatic N) is 1. The van der Waals surface area contributed by atoms with Crippen LogP contribution in [0.3, 0.4) is 0 Å². The third-order valence-electron chi connectivity index (χ3n) is 7.34. The number of aliphatic hydroxyl groups excluding tert-OH is 1. The zero-order valence-corrected chi connectivity index (χ0v) is 20.0. The molecule has 0 radical (unpaired) electrons. The fourth-order valence-corrected chi connectivity index (χ4v) is 5.71. The fraction of sp³-hybridized carbons (Fsp3) is 0.321. The Kier molecular flexibility index (Phi) is 6.78. The monoisotopic (exact) mass is 494 g/mol. The molecule has 1 aliphatic heterocycles. The Balaban J connectivity index is 1.28. The highest BCUT2D eigenvalue weighted by Gasteiger charge is 2.52. The highest BCUT2D eigenvalue weighted by Crippen LogP contribution is 2.51. The molecule has 7 heteroatoms. The SMILES string of the molecule is O=C(COc1ccccc1)N[C@H]1c2ccccc2C2(CCN(Cc3c(F)cccc3Cl)CC2)[C@@H]1O. The van der Waals surface area contributed by atoms with Crippen LogP contribution in [0.2, 0.25) is 5.02 Å². The minimum absolute atomic E-state index is 0.125. The first-order valence-corrected chi connectivity index (χ1v) is 12.3. The van der Waals surface area contributed by atoms with Gasteiger partial charge >= 0.3 is 0 Å². The quantitative estimate of drug-likeness (QED) is 0.525. The Labute approximate surface area is 209 Å². The van der Waals surface area contributed by atoms with Crippen LogP contribution in [-0.4, -0.2) is 41.7 Å². The van der Waals surface area contributed by atoms with Crippen molar-refractivity contribution >= 4 is 17.5 Å². The summed E-state index contributed by atoms with van der Waals surface area (Å²) in [6.07, 6.45) is 0.633. The third-order valence-corrected chi connectivity index (χ3v) is 7.69. The third kappa shape index (κ3) is 4.66. The predicted octanol–water partition coefficient (Wildman–Crippen LogP) is 4.62. The zero-order valence-electron chi connectivity index (χ0n) is 19.3. The Morgan fingerprint density at radius 3 is 2.51 bits per heavy atom. The molecule has 0 unspecified atom stereocenters. The molecule has 2 atom stereocenters. The summed E-state index contributed by atoms with van der Waals surface area (Å²) in [4.78, 5) is 14.9. The first-order valence-electron chi connectivity index (χ1n) is 11.9. The zero-order chi connectivity index (χ0) is 24.4. The number of aliphatic hydroxyl groups is 1. The van der Waals surface area contributed by atoms with Gasteiger partial charge in [-0.2, -0.15) is 0 Å². The standard InChI is InChI=1S/C28H28ClFN2O3/c29-23-11-6-12-24(30)21(23)17-32-15-13-28(14-16-32)22-10-5-4-9-20(22)26(27(28)34)31-25(33)18-35-19-7-2-1-3-8-19/h1-12,26-27,34H,13-18H2,(H,31,33)/t26-,27+/m0/s1. The van der Waals surface area contributed by atoms with Crippen LogP contribution >= 0.6 is 11.6 Å². The number of amides is 1. The number of carbonyl (C=O) groups is 1. The first kappa shape index (κ1) is 23.8. The molecular formula is C28H28ClFN2O3. The molecule has 1 heterocycles. The average molecular weight is 495 g/mol. The van der Waals surface area contributed by atoms with Gasteiger partial charge in [-0.15, -0.1) is 0 Å². The number of para-hydroxylation sites is 1. The molecule has 0 aromatic heterocycles. The molecule has 1 aliphatic carbocycles. The smallest absolute Gasteiger partial charge is 0.258 e. The van der Waals surface area contributed by atoms with Gasteiger partial charge in [-0.1, -0.05) is 60.1 Å². The van der Waals surface area contributed by atoms with Gasteiger partial charge in [0.2, 0.25) is 0 Å². The lowest BCUT2D eigenvalue weighted by atomic mass is 9.72. The topological polar surface area (TPSA) is 61.8 Å². The number of nitrogens with one attached hydrogen (secondary N) is 1. The van der Waals surface area contributed by atoms with Gasteiger partial charge in [-0.3, -0.25) is 9.69 Å². The molecule has 5 nitrogen and oxygen atoms in total. The highest BCUT2D eigenvalue weighted by atomic mass is 35.5. The fourth-order valence-electron chi connectivity index (χ4n) is 5.49. The van der Waals surface area contributed by atoms with Crippen molar-refractivity contribution < 1.29 is 19.0 Å². The van der Waals surface area contributed by atoms with E-state index in [1.165, 1.54) is 6.07 Å². The minimum Gasteiger partial charge on any atom is -0.484 e. The van der Waals surface area contributed by atoms with Crippen LogP contribution in [0.25, 0.3) is 0 Å². The van der Waals surface area contributed by atoms with Gasteiger partial charge in [-0.05, 0) is 61.3 Å². The van der Waals surface area contributed by atoms with Gasteiger partial charge in [-0.25, -0.2) is 4.39 Å². The predicted molar refractivity (Wildman–Crippen MR) is 133 cm³/mol. The molecule has 182 valence electrons. The number of hydrogen-bond donors (Lipinski definition) is 2. The molecule has 2 N–H and O–H groups in total. The van der Waals surface area contributed by atoms with Crippen LogP contribution in [0.15, 0.2) is 72.8 Å². The van der Waals surface area contributed by atoms with Crippen molar-refractivity contribution in [3.8, 4) is 5.75 Å². The number of benzene rings is 3. The maximum Gasteiger partial charge on any atom is 0.258 e. The Morgan fingerprint density at radius 1 is 1.06 bits per heavy atom. The summed E-state index contributed by atoms with van der Waals surface area (Å²) in [5.74, 6) is 0.0368. The molecular weight excluding hydrogens is 467 g/mol. The highest BCUT2D eigenvalue weighted by molar-refractivity contribution is 6.31. The summed E-state index contributed by atoms with van der Waals surface area (Å²) in [5.41, 5.74) is 2.05. The maximum absolute atomic E-state index is 14.3. The first-order chi connectivity index (χ1) is 17.0. The summed E-state index contributed by atoms with van der Waals surface area (Å²) in [6.45, 7) is 1.68. The van der Waals surface area contributed by atoms with Crippen molar-refractivity contribution in [1.82, 2.24) is 10.2 Å². The number of hydrogen-bond acceptors (Lipinski definition) is 4. The van der Waals surface area contributed by atoms with Crippen molar-refractivity contribution in [1.29, 1.82) is 0 Å². The van der Waals surface area contributed by atoms with Crippen LogP contribution in [-0.2, 0) is 16.8 Å². The van der Waals surface area contributed by atoms with Gasteiger partial charge in [0.05, 0.1) is 12.1 Å². The van der Waals surface area contributed by atoms with Crippen LogP contribution < -0.4 is 10.1 Å². The number of carbonyl (C=O) groups excluding carboxylic acids is 1. The van der Waals surface area contributed by atoms with E-state index in [2.05, 4.69) is 16.3 Å².